The van der Waals surface area contributed by atoms with Crippen LogP contribution in [0.2, 0.25) is 0 Å². The molecule has 0 aliphatic rings. The van der Waals surface area contributed by atoms with Crippen LogP contribution in [0.15, 0.2) is 16.7 Å². The summed E-state index contributed by atoms with van der Waals surface area (Å²) in [4.78, 5) is 16.0. The molecular weight excluding hydrogens is 324 g/mol. The number of rotatable bonds is 8. The minimum atomic E-state index is -0.212. The Kier molecular flexibility index (Phi) is 7.50. The zero-order chi connectivity index (χ0) is 15.0. The molecule has 4 N–H and O–H groups in total. The largest absolute Gasteiger partial charge is 0.381 e. The van der Waals surface area contributed by atoms with Gasteiger partial charge in [0.15, 0.2) is 5.82 Å². The van der Waals surface area contributed by atoms with E-state index in [1.807, 2.05) is 0 Å². The number of aromatic nitrogens is 1. The predicted octanol–water partition coefficient (Wildman–Crippen LogP) is 1.92. The van der Waals surface area contributed by atoms with Gasteiger partial charge in [-0.15, -0.1) is 0 Å². The Morgan fingerprint density at radius 3 is 2.95 bits per heavy atom. The topological polar surface area (TPSA) is 89.3 Å². The van der Waals surface area contributed by atoms with Crippen LogP contribution in [-0.2, 0) is 4.74 Å². The van der Waals surface area contributed by atoms with Gasteiger partial charge in [-0.2, -0.15) is 0 Å². The summed E-state index contributed by atoms with van der Waals surface area (Å²) in [6, 6.07) is 1.67. The van der Waals surface area contributed by atoms with Crippen molar-refractivity contribution < 1.29 is 9.53 Å². The highest BCUT2D eigenvalue weighted by Gasteiger charge is 2.12. The number of ether oxygens (including phenoxy) is 1. The molecule has 0 aliphatic carbocycles. The number of hydrogen-bond donors (Lipinski definition) is 3. The fourth-order valence-corrected chi connectivity index (χ4v) is 1.85. The maximum absolute atomic E-state index is 12.0. The highest BCUT2D eigenvalue weighted by atomic mass is 79.9. The molecule has 7 heteroatoms. The van der Waals surface area contributed by atoms with E-state index < -0.39 is 0 Å². The molecule has 0 aliphatic heterocycles. The number of pyridine rings is 1. The van der Waals surface area contributed by atoms with Crippen molar-refractivity contribution in [3.63, 3.8) is 0 Å². The molecular formula is C13H21BrN4O2. The Bertz CT molecular complexity index is 440. The van der Waals surface area contributed by atoms with Crippen LogP contribution in [0.5, 0.6) is 0 Å². The van der Waals surface area contributed by atoms with Crippen LogP contribution in [0.1, 0.15) is 30.6 Å². The summed E-state index contributed by atoms with van der Waals surface area (Å²) >= 11 is 3.28. The van der Waals surface area contributed by atoms with Crippen molar-refractivity contribution >= 4 is 27.7 Å². The second-order valence-corrected chi connectivity index (χ2v) is 5.69. The normalized spacial score (nSPS) is 10.7. The van der Waals surface area contributed by atoms with Crippen LogP contribution in [0.3, 0.4) is 0 Å². The van der Waals surface area contributed by atoms with Gasteiger partial charge in [-0.25, -0.2) is 10.8 Å². The number of hydrazine groups is 1. The van der Waals surface area contributed by atoms with Crippen molar-refractivity contribution in [2.45, 2.75) is 20.3 Å². The zero-order valence-electron chi connectivity index (χ0n) is 11.8. The number of nitrogens with zero attached hydrogens (tertiary/aromatic N) is 1. The molecule has 112 valence electrons. The van der Waals surface area contributed by atoms with Gasteiger partial charge < -0.3 is 15.5 Å². The van der Waals surface area contributed by atoms with Crippen LogP contribution in [0, 0.1) is 5.92 Å². The van der Waals surface area contributed by atoms with Crippen LogP contribution in [-0.4, -0.2) is 30.6 Å². The van der Waals surface area contributed by atoms with E-state index in [9.17, 15) is 4.79 Å². The van der Waals surface area contributed by atoms with Crippen molar-refractivity contribution in [1.82, 2.24) is 10.3 Å². The van der Waals surface area contributed by atoms with Gasteiger partial charge in [0.05, 0.1) is 5.56 Å². The smallest absolute Gasteiger partial charge is 0.255 e. The second kappa shape index (κ2) is 8.89. The van der Waals surface area contributed by atoms with Gasteiger partial charge in [-0.3, -0.25) is 4.79 Å². The van der Waals surface area contributed by atoms with E-state index in [0.29, 0.717) is 30.5 Å². The third-order valence-electron chi connectivity index (χ3n) is 2.44. The molecule has 0 fully saturated rings. The minimum Gasteiger partial charge on any atom is -0.381 e. The third kappa shape index (κ3) is 5.85. The molecule has 1 rings (SSSR count). The van der Waals surface area contributed by atoms with Gasteiger partial charge in [-0.05, 0) is 34.3 Å². The van der Waals surface area contributed by atoms with Crippen LogP contribution in [0.4, 0.5) is 5.82 Å². The van der Waals surface area contributed by atoms with E-state index in [0.717, 1.165) is 17.5 Å². The monoisotopic (exact) mass is 344 g/mol. The highest BCUT2D eigenvalue weighted by Crippen LogP contribution is 2.16. The number of nitrogen functional groups attached to an aromatic ring is 1. The van der Waals surface area contributed by atoms with Crippen molar-refractivity contribution in [1.29, 1.82) is 0 Å². The number of hydrogen-bond acceptors (Lipinski definition) is 5. The zero-order valence-corrected chi connectivity index (χ0v) is 13.4. The lowest BCUT2D eigenvalue weighted by Crippen LogP contribution is -2.27. The first kappa shape index (κ1) is 16.9. The lowest BCUT2D eigenvalue weighted by atomic mass is 10.2. The second-order valence-electron chi connectivity index (χ2n) is 4.77. The fraction of sp³-hybridized carbons (Fsp3) is 0.538. The number of amides is 1. The third-order valence-corrected chi connectivity index (χ3v) is 2.87. The van der Waals surface area contributed by atoms with Gasteiger partial charge in [0.2, 0.25) is 0 Å². The Morgan fingerprint density at radius 2 is 2.30 bits per heavy atom. The Labute approximate surface area is 127 Å². The first-order chi connectivity index (χ1) is 9.54. The van der Waals surface area contributed by atoms with Crippen LogP contribution < -0.4 is 16.6 Å². The van der Waals surface area contributed by atoms with E-state index in [4.69, 9.17) is 10.6 Å². The number of carbonyl (C=O) groups is 1. The van der Waals surface area contributed by atoms with Gasteiger partial charge >= 0.3 is 0 Å². The summed E-state index contributed by atoms with van der Waals surface area (Å²) in [5.41, 5.74) is 2.82. The van der Waals surface area contributed by atoms with Crippen LogP contribution in [0.25, 0.3) is 0 Å². The lowest BCUT2D eigenvalue weighted by Gasteiger charge is -2.10. The quantitative estimate of drug-likeness (QED) is 0.381. The Balaban J connectivity index is 2.37. The molecule has 1 aromatic rings. The fourth-order valence-electron chi connectivity index (χ4n) is 1.52. The SMILES string of the molecule is CC(C)COCCCNC(=O)c1cc(Br)cnc1NN. The van der Waals surface area contributed by atoms with E-state index in [2.05, 4.69) is 45.5 Å². The summed E-state index contributed by atoms with van der Waals surface area (Å²) in [6.07, 6.45) is 2.34. The molecule has 20 heavy (non-hydrogen) atoms. The van der Waals surface area contributed by atoms with E-state index in [1.165, 1.54) is 0 Å². The first-order valence-electron chi connectivity index (χ1n) is 6.52. The van der Waals surface area contributed by atoms with E-state index >= 15 is 0 Å². The van der Waals surface area contributed by atoms with Gasteiger partial charge in [0.25, 0.3) is 5.91 Å². The molecule has 0 saturated carbocycles. The molecule has 1 amide bonds. The summed E-state index contributed by atoms with van der Waals surface area (Å²) in [5, 5.41) is 2.81. The average Bonchev–Trinajstić information content (AvgIpc) is 2.42. The maximum Gasteiger partial charge on any atom is 0.255 e. The lowest BCUT2D eigenvalue weighted by molar-refractivity contribution is 0.0925. The summed E-state index contributed by atoms with van der Waals surface area (Å²) in [6.45, 7) is 6.13. The van der Waals surface area contributed by atoms with E-state index in [1.54, 1.807) is 12.3 Å². The molecule has 0 radical (unpaired) electrons. The molecule has 1 heterocycles. The van der Waals surface area contributed by atoms with Crippen LogP contribution >= 0.6 is 15.9 Å². The molecule has 0 aromatic carbocycles. The number of nitrogens with one attached hydrogen (secondary N) is 2. The number of nitrogens with two attached hydrogens (primary N) is 1. The number of carbonyl (C=O) groups excluding carboxylic acids is 1. The van der Waals surface area contributed by atoms with Crippen molar-refractivity contribution in [2.24, 2.45) is 11.8 Å². The van der Waals surface area contributed by atoms with Gasteiger partial charge in [-0.1, -0.05) is 13.8 Å². The number of halogens is 1. The summed E-state index contributed by atoms with van der Waals surface area (Å²) in [5.74, 6) is 5.99. The van der Waals surface area contributed by atoms with E-state index in [-0.39, 0.29) is 5.91 Å². The Morgan fingerprint density at radius 1 is 1.55 bits per heavy atom. The molecule has 1 aromatic heterocycles. The van der Waals surface area contributed by atoms with Crippen molar-refractivity contribution in [3.8, 4) is 0 Å². The van der Waals surface area contributed by atoms with Crippen molar-refractivity contribution in [2.75, 3.05) is 25.2 Å². The first-order valence-corrected chi connectivity index (χ1v) is 7.32. The molecule has 0 spiro atoms. The predicted molar refractivity (Wildman–Crippen MR) is 82.4 cm³/mol. The Hall–Kier alpha value is -1.18. The standard InChI is InChI=1S/C13H21BrN4O2/c1-9(2)8-20-5-3-4-16-13(19)11-6-10(14)7-17-12(11)18-15/h6-7,9H,3-5,8,15H2,1-2H3,(H,16,19)(H,17,18). The summed E-state index contributed by atoms with van der Waals surface area (Å²) in [7, 11) is 0. The van der Waals surface area contributed by atoms with Crippen molar-refractivity contribution in [3.05, 3.63) is 22.3 Å². The number of anilines is 1. The molecule has 6 nitrogen and oxygen atoms in total. The summed E-state index contributed by atoms with van der Waals surface area (Å²) < 4.78 is 6.17. The van der Waals surface area contributed by atoms with Gasteiger partial charge in [0.1, 0.15) is 0 Å². The molecule has 0 saturated heterocycles. The minimum absolute atomic E-state index is 0.212. The molecule has 0 unspecified atom stereocenters. The molecule has 0 atom stereocenters. The molecule has 0 bridgehead atoms. The average molecular weight is 345 g/mol. The maximum atomic E-state index is 12.0. The van der Waals surface area contributed by atoms with Gasteiger partial charge in [0, 0.05) is 30.4 Å². The highest BCUT2D eigenvalue weighted by molar-refractivity contribution is 9.10.